The fourth-order valence-corrected chi connectivity index (χ4v) is 10.6. The summed E-state index contributed by atoms with van der Waals surface area (Å²) in [4.78, 5) is 76.3. The number of hydrogen-bond donors (Lipinski definition) is 2. The topological polar surface area (TPSA) is 139 Å². The number of allylic oxidation sites excluding steroid dienone is 9. The van der Waals surface area contributed by atoms with Crippen LogP contribution < -0.4 is 0 Å². The average molecular weight is 714 g/mol. The molecule has 0 amide bonds. The van der Waals surface area contributed by atoms with Gasteiger partial charge in [0.25, 0.3) is 0 Å². The van der Waals surface area contributed by atoms with Gasteiger partial charge in [-0.25, -0.2) is 15.0 Å². The van der Waals surface area contributed by atoms with Crippen LogP contribution in [-0.2, 0) is 19.2 Å². The van der Waals surface area contributed by atoms with Crippen molar-refractivity contribution in [3.05, 3.63) is 100 Å². The Morgan fingerprint density at radius 2 is 1.43 bits per heavy atom. The number of carbonyl (C=O) groups excluding carboxylic acids is 4. The summed E-state index contributed by atoms with van der Waals surface area (Å²) in [7, 11) is 0. The van der Waals surface area contributed by atoms with Gasteiger partial charge in [-0.2, -0.15) is 0 Å². The van der Waals surface area contributed by atoms with E-state index in [4.69, 9.17) is 15.0 Å². The Bertz CT molecular complexity index is 2650. The van der Waals surface area contributed by atoms with Crippen molar-refractivity contribution in [2.75, 3.05) is 0 Å². The predicted molar refractivity (Wildman–Crippen MR) is 206 cm³/mol. The Morgan fingerprint density at radius 3 is 2.24 bits per heavy atom. The number of aromatic amines is 2. The van der Waals surface area contributed by atoms with Crippen LogP contribution in [-0.4, -0.2) is 48.1 Å². The molecule has 7 aliphatic carbocycles. The lowest BCUT2D eigenvalue weighted by Crippen LogP contribution is -2.28. The zero-order chi connectivity index (χ0) is 36.7. The van der Waals surface area contributed by atoms with Gasteiger partial charge in [-0.05, 0) is 70.4 Å². The third kappa shape index (κ3) is 4.53. The summed E-state index contributed by atoms with van der Waals surface area (Å²) >= 11 is 0. The Balaban J connectivity index is 1.23. The molecule has 12 bridgehead atoms. The molecule has 0 spiro atoms. The molecule has 9 aliphatic rings. The van der Waals surface area contributed by atoms with Crippen molar-refractivity contribution in [2.24, 2.45) is 35.5 Å². The van der Waals surface area contributed by atoms with E-state index < -0.39 is 11.8 Å². The molecule has 0 radical (unpaired) electrons. The second kappa shape index (κ2) is 11.2. The standard InChI is InChI=1S/C45H39N5O4/c1-19-4-8-26(36(52)10-19)30-14-25-16-34-43-39-21(3)28(17-38(39)54)42(43)45(49-34)50-44-41-27-9-7-23(12-37(27)53)40(41)33(48-44)15-24-13-29(31(46-24)18-32(30)47-25)22-6-5-20(2)35(51)11-22/h4-9,13-16,18-23,26-28,39,46H,10-12,17H2,1-3H3,(H,48,49,50). The van der Waals surface area contributed by atoms with Crippen LogP contribution in [0.4, 0.5) is 0 Å². The Morgan fingerprint density at radius 1 is 0.630 bits per heavy atom. The maximum absolute atomic E-state index is 13.6. The molecule has 9 nitrogen and oxygen atoms in total. The van der Waals surface area contributed by atoms with E-state index in [0.717, 1.165) is 55.7 Å². The fourth-order valence-electron chi connectivity index (χ4n) is 10.6. The second-order valence-electron chi connectivity index (χ2n) is 16.7. The number of rotatable bonds is 2. The van der Waals surface area contributed by atoms with Gasteiger partial charge in [0.2, 0.25) is 0 Å². The van der Waals surface area contributed by atoms with Gasteiger partial charge in [0.1, 0.15) is 28.8 Å². The molecular weight excluding hydrogens is 675 g/mol. The minimum atomic E-state index is -0.437. The Kier molecular flexibility index (Phi) is 6.63. The van der Waals surface area contributed by atoms with Gasteiger partial charge in [-0.1, -0.05) is 57.2 Å². The van der Waals surface area contributed by atoms with E-state index in [1.807, 2.05) is 49.4 Å². The molecule has 1 fully saturated rings. The number of aromatic nitrogens is 5. The summed E-state index contributed by atoms with van der Waals surface area (Å²) in [6.07, 6.45) is 16.1. The molecule has 268 valence electrons. The van der Waals surface area contributed by atoms with E-state index in [0.29, 0.717) is 48.5 Å². The lowest BCUT2D eigenvalue weighted by Gasteiger charge is -2.31. The van der Waals surface area contributed by atoms with E-state index in [2.05, 4.69) is 48.1 Å². The minimum Gasteiger partial charge on any atom is -0.355 e. The van der Waals surface area contributed by atoms with E-state index in [1.165, 1.54) is 0 Å². The number of nitrogens with zero attached hydrogens (tertiary/aromatic N) is 3. The highest BCUT2D eigenvalue weighted by Crippen LogP contribution is 2.58. The van der Waals surface area contributed by atoms with Crippen LogP contribution in [0.2, 0.25) is 0 Å². The van der Waals surface area contributed by atoms with Crippen molar-refractivity contribution < 1.29 is 19.2 Å². The third-order valence-electron chi connectivity index (χ3n) is 13.3. The molecule has 3 aromatic heterocycles. The normalized spacial score (nSPS) is 31.8. The Labute approximate surface area is 311 Å². The SMILES string of the molecule is CC1C=CC(C2=Cc3cc4[nH]c(nc5nc(cc6cc(C7C=CC(C)C(=O)C7)c(cc2n3)[nH]6)C2=C5C3C=CC2CC3=O)c2c4C3C(=O)CC2C3C)C(=O)C1. The third-order valence-corrected chi connectivity index (χ3v) is 13.3. The molecule has 2 aliphatic heterocycles. The van der Waals surface area contributed by atoms with Crippen molar-refractivity contribution in [2.45, 2.75) is 64.2 Å². The van der Waals surface area contributed by atoms with Gasteiger partial charge in [0, 0.05) is 77.0 Å². The zero-order valence-electron chi connectivity index (χ0n) is 30.4. The number of H-pyrrole nitrogens is 2. The lowest BCUT2D eigenvalue weighted by molar-refractivity contribution is -0.122. The summed E-state index contributed by atoms with van der Waals surface area (Å²) in [5.41, 5.74) is 11.0. The number of carbonyl (C=O) groups is 4. The molecule has 9 unspecified atom stereocenters. The first-order chi connectivity index (χ1) is 26.1. The molecule has 9 heteroatoms. The monoisotopic (exact) mass is 713 g/mol. The maximum atomic E-state index is 13.6. The van der Waals surface area contributed by atoms with Crippen molar-refractivity contribution >= 4 is 68.1 Å². The first-order valence-corrected chi connectivity index (χ1v) is 19.4. The van der Waals surface area contributed by atoms with Crippen molar-refractivity contribution in [1.82, 2.24) is 24.9 Å². The molecular formula is C45H39N5O4. The zero-order valence-corrected chi connectivity index (χ0v) is 30.4. The summed E-state index contributed by atoms with van der Waals surface area (Å²) in [6, 6.07) is 8.17. The minimum absolute atomic E-state index is 0.0461. The van der Waals surface area contributed by atoms with Crippen LogP contribution in [0.1, 0.15) is 104 Å². The van der Waals surface area contributed by atoms with Gasteiger partial charge in [-0.3, -0.25) is 19.2 Å². The van der Waals surface area contributed by atoms with Crippen LogP contribution >= 0.6 is 0 Å². The van der Waals surface area contributed by atoms with Crippen molar-refractivity contribution in [1.29, 1.82) is 0 Å². The summed E-state index contributed by atoms with van der Waals surface area (Å²) in [6.45, 7) is 6.15. The lowest BCUT2D eigenvalue weighted by atomic mass is 9.70. The highest BCUT2D eigenvalue weighted by Gasteiger charge is 2.51. The molecule has 12 rings (SSSR count). The van der Waals surface area contributed by atoms with Crippen molar-refractivity contribution in [3.8, 4) is 0 Å². The molecule has 0 aromatic carbocycles. The molecule has 54 heavy (non-hydrogen) atoms. The van der Waals surface area contributed by atoms with Crippen LogP contribution in [0, 0.1) is 35.5 Å². The first kappa shape index (κ1) is 31.9. The number of ketones is 4. The summed E-state index contributed by atoms with van der Waals surface area (Å²) in [5.74, 6) is 0.251. The van der Waals surface area contributed by atoms with Crippen LogP contribution in [0.5, 0.6) is 0 Å². The Hall–Kier alpha value is -5.57. The van der Waals surface area contributed by atoms with E-state index in [9.17, 15) is 19.2 Å². The number of nitrogens with one attached hydrogen (secondary N) is 2. The van der Waals surface area contributed by atoms with E-state index in [1.54, 1.807) is 0 Å². The van der Waals surface area contributed by atoms with Crippen LogP contribution in [0.25, 0.3) is 45.0 Å². The second-order valence-corrected chi connectivity index (χ2v) is 16.7. The molecule has 1 saturated carbocycles. The van der Waals surface area contributed by atoms with Gasteiger partial charge in [0.15, 0.2) is 5.82 Å². The molecule has 0 saturated heterocycles. The number of hydrogen-bond acceptors (Lipinski definition) is 7. The predicted octanol–water partition coefficient (Wildman–Crippen LogP) is 7.76. The number of fused-ring (bicyclic) bond motifs is 16. The highest BCUT2D eigenvalue weighted by atomic mass is 16.1. The van der Waals surface area contributed by atoms with Gasteiger partial charge < -0.3 is 9.97 Å². The van der Waals surface area contributed by atoms with Gasteiger partial charge in [-0.15, -0.1) is 0 Å². The maximum Gasteiger partial charge on any atom is 0.159 e. The van der Waals surface area contributed by atoms with Gasteiger partial charge >= 0.3 is 0 Å². The molecule has 3 aromatic rings. The molecule has 9 atom stereocenters. The average Bonchev–Trinajstić information content (AvgIpc) is 3.98. The van der Waals surface area contributed by atoms with Crippen molar-refractivity contribution in [3.63, 3.8) is 0 Å². The smallest absolute Gasteiger partial charge is 0.159 e. The van der Waals surface area contributed by atoms with Gasteiger partial charge in [0.05, 0.1) is 28.9 Å². The fraction of sp³-hybridized carbons (Fsp3) is 0.356. The summed E-state index contributed by atoms with van der Waals surface area (Å²) in [5, 5.41) is 0. The largest absolute Gasteiger partial charge is 0.355 e. The number of Topliss-reactive ketones (excluding diaryl/α,β-unsaturated/α-hetero) is 4. The quantitative estimate of drug-likeness (QED) is 0.259. The summed E-state index contributed by atoms with van der Waals surface area (Å²) < 4.78 is 0. The van der Waals surface area contributed by atoms with Crippen LogP contribution in [0.3, 0.4) is 0 Å². The van der Waals surface area contributed by atoms with E-state index >= 15 is 0 Å². The molecule has 5 heterocycles. The van der Waals surface area contributed by atoms with Crippen LogP contribution in [0.15, 0.2) is 60.7 Å². The molecule has 2 N–H and O–H groups in total. The van der Waals surface area contributed by atoms with E-state index in [-0.39, 0.29) is 64.6 Å². The first-order valence-electron chi connectivity index (χ1n) is 19.4. The highest BCUT2D eigenvalue weighted by molar-refractivity contribution is 6.10.